The van der Waals surface area contributed by atoms with Crippen LogP contribution in [0, 0.1) is 6.92 Å². The van der Waals surface area contributed by atoms with Crippen molar-refractivity contribution in [2.75, 3.05) is 0 Å². The lowest BCUT2D eigenvalue weighted by atomic mass is 10.1. The zero-order valence-electron chi connectivity index (χ0n) is 11.5. The molecule has 0 radical (unpaired) electrons. The fraction of sp³-hybridized carbons (Fsp3) is 0.267. The van der Waals surface area contributed by atoms with Gasteiger partial charge < -0.3 is 9.84 Å². The summed E-state index contributed by atoms with van der Waals surface area (Å²) in [5.74, 6) is -0.132. The average Bonchev–Trinajstić information content (AvgIpc) is 2.41. The van der Waals surface area contributed by atoms with Crippen molar-refractivity contribution in [3.8, 4) is 11.6 Å². The predicted octanol–water partition coefficient (Wildman–Crippen LogP) is 3.23. The highest BCUT2D eigenvalue weighted by Gasteiger charge is 2.10. The lowest BCUT2D eigenvalue weighted by Crippen LogP contribution is -2.02. The number of carbonyl (C=O) groups is 1. The van der Waals surface area contributed by atoms with Crippen LogP contribution in [0.15, 0.2) is 30.5 Å². The van der Waals surface area contributed by atoms with Gasteiger partial charge in [0.05, 0.1) is 11.3 Å². The Labute approximate surface area is 117 Å². The van der Waals surface area contributed by atoms with Crippen molar-refractivity contribution in [1.29, 1.82) is 0 Å². The van der Waals surface area contributed by atoms with Gasteiger partial charge in [0.1, 0.15) is 0 Å². The van der Waals surface area contributed by atoms with E-state index in [0.29, 0.717) is 17.9 Å². The molecule has 5 heteroatoms. The summed E-state index contributed by atoms with van der Waals surface area (Å²) >= 11 is 0. The van der Waals surface area contributed by atoms with Crippen molar-refractivity contribution in [2.24, 2.45) is 0 Å². The van der Waals surface area contributed by atoms with Crippen molar-refractivity contribution in [1.82, 2.24) is 9.97 Å². The molecule has 0 saturated heterocycles. The van der Waals surface area contributed by atoms with Crippen molar-refractivity contribution < 1.29 is 14.6 Å². The third-order valence-electron chi connectivity index (χ3n) is 2.78. The Balaban J connectivity index is 2.35. The topological polar surface area (TPSA) is 72.3 Å². The molecular formula is C15H16N2O3. The zero-order valence-corrected chi connectivity index (χ0v) is 11.5. The Morgan fingerprint density at radius 1 is 1.40 bits per heavy atom. The van der Waals surface area contributed by atoms with E-state index in [1.807, 2.05) is 13.8 Å². The van der Waals surface area contributed by atoms with Gasteiger partial charge in [-0.1, -0.05) is 13.3 Å². The van der Waals surface area contributed by atoms with E-state index < -0.39 is 5.97 Å². The molecule has 0 spiro atoms. The van der Waals surface area contributed by atoms with E-state index in [1.165, 1.54) is 6.07 Å². The van der Waals surface area contributed by atoms with Crippen molar-refractivity contribution in [2.45, 2.75) is 26.7 Å². The van der Waals surface area contributed by atoms with Crippen LogP contribution in [0.25, 0.3) is 0 Å². The number of aromatic carboxylic acids is 1. The molecule has 2 aromatic rings. The highest BCUT2D eigenvalue weighted by molar-refractivity contribution is 5.88. The number of hydrogen-bond donors (Lipinski definition) is 1. The Morgan fingerprint density at radius 2 is 2.20 bits per heavy atom. The molecule has 1 N–H and O–H groups in total. The molecule has 0 bridgehead atoms. The van der Waals surface area contributed by atoms with Gasteiger partial charge in [0.25, 0.3) is 0 Å². The Morgan fingerprint density at radius 3 is 2.85 bits per heavy atom. The average molecular weight is 272 g/mol. The van der Waals surface area contributed by atoms with Crippen LogP contribution in [0.5, 0.6) is 11.6 Å². The molecule has 0 unspecified atom stereocenters. The van der Waals surface area contributed by atoms with Crippen molar-refractivity contribution in [3.63, 3.8) is 0 Å². The van der Waals surface area contributed by atoms with Crippen LogP contribution in [-0.2, 0) is 6.42 Å². The summed E-state index contributed by atoms with van der Waals surface area (Å²) in [6.07, 6.45) is 3.27. The summed E-state index contributed by atoms with van der Waals surface area (Å²) in [5, 5.41) is 9.13. The molecule has 5 nitrogen and oxygen atoms in total. The number of aryl methyl sites for hydroxylation is 2. The molecule has 0 atom stereocenters. The van der Waals surface area contributed by atoms with Crippen LogP contribution in [0.2, 0.25) is 0 Å². The van der Waals surface area contributed by atoms with Crippen LogP contribution >= 0.6 is 0 Å². The number of carboxylic acid groups (broad SMARTS) is 1. The largest absolute Gasteiger partial charge is 0.478 e. The second-order valence-electron chi connectivity index (χ2n) is 4.43. The smallest absolute Gasteiger partial charge is 0.335 e. The van der Waals surface area contributed by atoms with Gasteiger partial charge >= 0.3 is 5.97 Å². The van der Waals surface area contributed by atoms with E-state index in [-0.39, 0.29) is 11.4 Å². The molecule has 2 heterocycles. The standard InChI is InChI=1S/C15H16N2O3/c1-3-5-12-8-11(15(18)19)9-14(17-12)20-13-6-4-7-16-10(13)2/h4,6-9H,3,5H2,1-2H3,(H,18,19). The number of aromatic nitrogens is 2. The zero-order chi connectivity index (χ0) is 14.5. The number of pyridine rings is 2. The van der Waals surface area contributed by atoms with Crippen molar-refractivity contribution in [3.05, 3.63) is 47.4 Å². The highest BCUT2D eigenvalue weighted by atomic mass is 16.5. The molecule has 0 fully saturated rings. The summed E-state index contributed by atoms with van der Waals surface area (Å²) in [5.41, 5.74) is 1.62. The van der Waals surface area contributed by atoms with Crippen LogP contribution in [0.1, 0.15) is 35.1 Å². The van der Waals surface area contributed by atoms with Gasteiger partial charge in [0, 0.05) is 18.0 Å². The van der Waals surface area contributed by atoms with E-state index in [0.717, 1.165) is 12.1 Å². The maximum atomic E-state index is 11.1. The highest BCUT2D eigenvalue weighted by Crippen LogP contribution is 2.23. The second kappa shape index (κ2) is 6.14. The summed E-state index contributed by atoms with van der Waals surface area (Å²) in [6.45, 7) is 3.84. The van der Waals surface area contributed by atoms with Crippen LogP contribution < -0.4 is 4.74 Å². The summed E-state index contributed by atoms with van der Waals surface area (Å²) < 4.78 is 5.65. The number of hydrogen-bond acceptors (Lipinski definition) is 4. The molecule has 2 rings (SSSR count). The van der Waals surface area contributed by atoms with Crippen LogP contribution in [-0.4, -0.2) is 21.0 Å². The van der Waals surface area contributed by atoms with E-state index in [9.17, 15) is 4.79 Å². The Hall–Kier alpha value is -2.43. The van der Waals surface area contributed by atoms with Crippen molar-refractivity contribution >= 4 is 5.97 Å². The minimum atomic E-state index is -0.988. The lowest BCUT2D eigenvalue weighted by Gasteiger charge is -2.09. The normalized spacial score (nSPS) is 10.3. The fourth-order valence-electron chi connectivity index (χ4n) is 1.81. The number of nitrogens with zero attached hydrogens (tertiary/aromatic N) is 2. The predicted molar refractivity (Wildman–Crippen MR) is 74.2 cm³/mol. The summed E-state index contributed by atoms with van der Waals surface area (Å²) in [4.78, 5) is 19.6. The number of ether oxygens (including phenoxy) is 1. The number of rotatable bonds is 5. The molecule has 2 aromatic heterocycles. The molecule has 0 aromatic carbocycles. The van der Waals surface area contributed by atoms with Gasteiger partial charge in [-0.05, 0) is 31.5 Å². The monoisotopic (exact) mass is 272 g/mol. The van der Waals surface area contributed by atoms with Gasteiger partial charge in [-0.3, -0.25) is 4.98 Å². The van der Waals surface area contributed by atoms with E-state index in [2.05, 4.69) is 9.97 Å². The SMILES string of the molecule is CCCc1cc(C(=O)O)cc(Oc2cccnc2C)n1. The first-order chi connectivity index (χ1) is 9.60. The minimum absolute atomic E-state index is 0.181. The molecular weight excluding hydrogens is 256 g/mol. The first kappa shape index (κ1) is 14.0. The Bertz CT molecular complexity index is 626. The first-order valence-corrected chi connectivity index (χ1v) is 6.44. The molecule has 20 heavy (non-hydrogen) atoms. The van der Waals surface area contributed by atoms with E-state index >= 15 is 0 Å². The van der Waals surface area contributed by atoms with E-state index in [1.54, 1.807) is 24.4 Å². The fourth-order valence-corrected chi connectivity index (χ4v) is 1.81. The third kappa shape index (κ3) is 3.32. The molecule has 0 amide bonds. The van der Waals surface area contributed by atoms with E-state index in [4.69, 9.17) is 9.84 Å². The van der Waals surface area contributed by atoms with Gasteiger partial charge in [-0.25, -0.2) is 9.78 Å². The first-order valence-electron chi connectivity index (χ1n) is 6.44. The van der Waals surface area contributed by atoms with Gasteiger partial charge in [-0.2, -0.15) is 0 Å². The van der Waals surface area contributed by atoms with Crippen LogP contribution in [0.3, 0.4) is 0 Å². The lowest BCUT2D eigenvalue weighted by molar-refractivity contribution is 0.0696. The summed E-state index contributed by atoms with van der Waals surface area (Å²) in [7, 11) is 0. The van der Waals surface area contributed by atoms with Gasteiger partial charge in [-0.15, -0.1) is 0 Å². The quantitative estimate of drug-likeness (QED) is 0.904. The maximum Gasteiger partial charge on any atom is 0.335 e. The molecule has 0 aliphatic rings. The Kier molecular flexibility index (Phi) is 4.30. The van der Waals surface area contributed by atoms with Crippen LogP contribution in [0.4, 0.5) is 0 Å². The summed E-state index contributed by atoms with van der Waals surface area (Å²) in [6, 6.07) is 6.54. The number of carboxylic acids is 1. The third-order valence-corrected chi connectivity index (χ3v) is 2.78. The second-order valence-corrected chi connectivity index (χ2v) is 4.43. The van der Waals surface area contributed by atoms with Gasteiger partial charge in [0.15, 0.2) is 5.75 Å². The molecule has 0 aliphatic heterocycles. The molecule has 104 valence electrons. The molecule has 0 saturated carbocycles. The minimum Gasteiger partial charge on any atom is -0.478 e. The maximum absolute atomic E-state index is 11.1. The molecule has 0 aliphatic carbocycles. The van der Waals surface area contributed by atoms with Gasteiger partial charge in [0.2, 0.25) is 5.88 Å².